The Kier molecular flexibility index (Phi) is 24.2. The van der Waals surface area contributed by atoms with Crippen molar-refractivity contribution in [2.24, 2.45) is 11.7 Å². The van der Waals surface area contributed by atoms with Crippen molar-refractivity contribution in [3.05, 3.63) is 54.7 Å². The van der Waals surface area contributed by atoms with Gasteiger partial charge in [0.05, 0.1) is 31.4 Å². The molecule has 1 aliphatic rings. The Labute approximate surface area is 440 Å². The summed E-state index contributed by atoms with van der Waals surface area (Å²) in [5, 5.41) is 37.2. The summed E-state index contributed by atoms with van der Waals surface area (Å²) in [4.78, 5) is 157. The number of carboxylic acid groups (broad SMARTS) is 2. The van der Waals surface area contributed by atoms with E-state index in [1.165, 1.54) is 54.2 Å². The zero-order valence-corrected chi connectivity index (χ0v) is 43.5. The average molecular weight is 1090 g/mol. The Morgan fingerprint density at radius 2 is 1.09 bits per heavy atom. The van der Waals surface area contributed by atoms with Crippen LogP contribution < -0.4 is 43.0 Å². The number of hydrogen-bond donors (Lipinski definition) is 15. The first-order valence-electron chi connectivity index (χ1n) is 23.5. The van der Waals surface area contributed by atoms with Gasteiger partial charge in [0.2, 0.25) is 47.3 Å². The fourth-order valence-corrected chi connectivity index (χ4v) is 8.62. The van der Waals surface area contributed by atoms with Crippen LogP contribution in [0.25, 0.3) is 0 Å². The van der Waals surface area contributed by atoms with Gasteiger partial charge in [-0.25, -0.2) is 19.7 Å². The van der Waals surface area contributed by atoms with Crippen molar-refractivity contribution in [1.29, 1.82) is 0 Å². The number of nitrogens with two attached hydrogens (primary N) is 1. The second kappa shape index (κ2) is 29.9. The molecule has 4 heterocycles. The molecular formula is C44H65N15O12S3. The number of aromatic amines is 3. The number of aliphatic carboxylic acids is 2. The number of aromatic nitrogens is 6. The molecule has 0 unspecified atom stereocenters. The molecule has 74 heavy (non-hydrogen) atoms. The van der Waals surface area contributed by atoms with Crippen molar-refractivity contribution in [1.82, 2.24) is 72.0 Å². The molecule has 1 fully saturated rings. The highest BCUT2D eigenvalue weighted by Crippen LogP contribution is 2.19. The van der Waals surface area contributed by atoms with Crippen LogP contribution in [0.1, 0.15) is 63.0 Å². The summed E-state index contributed by atoms with van der Waals surface area (Å²) >= 11 is 9.44. The average Bonchev–Trinajstić information content (AvgIpc) is 4.22. The van der Waals surface area contributed by atoms with Gasteiger partial charge in [0, 0.05) is 73.0 Å². The number of hydrogen-bond acceptors (Lipinski definition) is 17. The van der Waals surface area contributed by atoms with Crippen molar-refractivity contribution in [2.45, 2.75) is 120 Å². The van der Waals surface area contributed by atoms with Crippen LogP contribution in [0.4, 0.5) is 0 Å². The molecule has 14 N–H and O–H groups in total. The van der Waals surface area contributed by atoms with Gasteiger partial charge in [0.25, 0.3) is 0 Å². The number of carbonyl (C=O) groups excluding carboxylic acids is 8. The van der Waals surface area contributed by atoms with E-state index >= 15 is 0 Å². The van der Waals surface area contributed by atoms with E-state index in [4.69, 9.17) is 5.73 Å². The highest BCUT2D eigenvalue weighted by Gasteiger charge is 2.39. The van der Waals surface area contributed by atoms with Crippen LogP contribution in [0.5, 0.6) is 0 Å². The maximum absolute atomic E-state index is 14.5. The monoisotopic (exact) mass is 1090 g/mol. The van der Waals surface area contributed by atoms with Gasteiger partial charge in [-0.1, -0.05) is 13.8 Å². The highest BCUT2D eigenvalue weighted by atomic mass is 32.2. The third-order valence-electron chi connectivity index (χ3n) is 11.6. The van der Waals surface area contributed by atoms with Crippen LogP contribution in [0.3, 0.4) is 0 Å². The molecule has 1 saturated heterocycles. The molecule has 3 aromatic rings. The summed E-state index contributed by atoms with van der Waals surface area (Å²) in [6, 6.07) is -12.1. The minimum Gasteiger partial charge on any atom is -0.481 e. The first-order chi connectivity index (χ1) is 35.2. The van der Waals surface area contributed by atoms with E-state index in [1.54, 1.807) is 20.1 Å². The fourth-order valence-electron chi connectivity index (χ4n) is 7.75. The maximum Gasteiger partial charge on any atom is 0.327 e. The molecule has 30 heteroatoms. The van der Waals surface area contributed by atoms with Gasteiger partial charge in [-0.05, 0) is 43.6 Å². The van der Waals surface area contributed by atoms with Crippen molar-refractivity contribution in [2.75, 3.05) is 30.1 Å². The highest BCUT2D eigenvalue weighted by molar-refractivity contribution is 7.98. The Morgan fingerprint density at radius 3 is 1.50 bits per heavy atom. The zero-order chi connectivity index (χ0) is 54.5. The molecule has 9 atom stereocenters. The van der Waals surface area contributed by atoms with Crippen molar-refractivity contribution in [3.8, 4) is 0 Å². The first-order valence-corrected chi connectivity index (χ1v) is 26.2. The number of carboxylic acids is 2. The molecule has 1 aliphatic heterocycles. The smallest absolute Gasteiger partial charge is 0.327 e. The lowest BCUT2D eigenvalue weighted by molar-refractivity contribution is -0.143. The van der Waals surface area contributed by atoms with Crippen molar-refractivity contribution in [3.63, 3.8) is 0 Å². The molecule has 27 nitrogen and oxygen atoms in total. The summed E-state index contributed by atoms with van der Waals surface area (Å²) in [5.41, 5.74) is 7.01. The predicted octanol–water partition coefficient (Wildman–Crippen LogP) is -3.19. The molecule has 8 amide bonds. The van der Waals surface area contributed by atoms with Gasteiger partial charge >= 0.3 is 11.9 Å². The number of likely N-dealkylation sites (tertiary alicyclic amines) is 1. The Balaban J connectivity index is 1.60. The molecule has 0 saturated carbocycles. The van der Waals surface area contributed by atoms with Gasteiger partial charge in [-0.3, -0.25) is 43.2 Å². The number of amides is 8. The third kappa shape index (κ3) is 18.7. The molecule has 0 radical (unpaired) electrons. The maximum atomic E-state index is 14.5. The van der Waals surface area contributed by atoms with E-state index < -0.39 is 120 Å². The summed E-state index contributed by atoms with van der Waals surface area (Å²) < 4.78 is 0. The largest absolute Gasteiger partial charge is 0.481 e. The molecule has 0 aromatic carbocycles. The second-order valence-electron chi connectivity index (χ2n) is 17.8. The van der Waals surface area contributed by atoms with E-state index in [0.29, 0.717) is 29.3 Å². The number of imidazole rings is 3. The minimum absolute atomic E-state index is 0.00756. The lowest BCUT2D eigenvalue weighted by Gasteiger charge is -2.29. The van der Waals surface area contributed by atoms with Crippen LogP contribution in [-0.2, 0) is 67.2 Å². The number of nitrogens with one attached hydrogen (secondary N) is 10. The Bertz CT molecular complexity index is 2360. The molecule has 0 aliphatic carbocycles. The number of nitrogens with zero attached hydrogens (tertiary/aromatic N) is 4. The molecule has 0 bridgehead atoms. The van der Waals surface area contributed by atoms with Crippen LogP contribution >= 0.6 is 37.0 Å². The predicted molar refractivity (Wildman–Crippen MR) is 273 cm³/mol. The summed E-state index contributed by atoms with van der Waals surface area (Å²) in [6.07, 6.45) is 9.18. The van der Waals surface area contributed by atoms with E-state index in [1.807, 2.05) is 0 Å². The minimum atomic E-state index is -1.70. The summed E-state index contributed by atoms with van der Waals surface area (Å²) in [5.74, 6) is -9.62. The Hall–Kier alpha value is -6.66. The quantitative estimate of drug-likeness (QED) is 0.0282. The summed E-state index contributed by atoms with van der Waals surface area (Å²) in [6.45, 7) is 3.69. The van der Waals surface area contributed by atoms with Crippen LogP contribution in [0.2, 0.25) is 0 Å². The topological polar surface area (TPSA) is 411 Å². The molecule has 406 valence electrons. The van der Waals surface area contributed by atoms with Crippen LogP contribution in [0, 0.1) is 5.92 Å². The zero-order valence-electron chi connectivity index (χ0n) is 40.9. The second-order valence-corrected chi connectivity index (χ2v) is 19.5. The SMILES string of the molecule is CSCC[C@H](NC(=O)[C@H](Cc1cnc[nH]1)NC(=O)[C@H](Cc1cnc[nH]1)NC(=O)[C@H](Cc1cnc[nH]1)NC(=O)[C@H](CC(C)C)NC(=O)[C@H](CC(=O)O)NC(=O)[C@@H]1CCCN1C(=O)[C@@H](N)CS)C(=O)N[C@@H](CS)C(=O)O. The third-order valence-corrected chi connectivity index (χ3v) is 13.0. The molecule has 4 rings (SSSR count). The Morgan fingerprint density at radius 1 is 0.662 bits per heavy atom. The first kappa shape index (κ1) is 59.9. The van der Waals surface area contributed by atoms with Gasteiger partial charge < -0.3 is 73.0 Å². The number of H-pyrrole nitrogens is 3. The summed E-state index contributed by atoms with van der Waals surface area (Å²) in [7, 11) is 0. The van der Waals surface area contributed by atoms with Gasteiger partial charge in [0.15, 0.2) is 0 Å². The van der Waals surface area contributed by atoms with Crippen molar-refractivity contribution < 1.29 is 58.2 Å². The van der Waals surface area contributed by atoms with Crippen LogP contribution in [0.15, 0.2) is 37.6 Å². The number of carbonyl (C=O) groups is 10. The standard InChI is InChI=1S/C44H65N15O12S3/c1-22(2)9-28(53-41(67)32(13-35(60)61)57-42(68)34-5-4-7-59(34)43(69)26(45)17-72)37(63)54-30(11-24-15-47-20-50-24)39(65)56-31(12-25-16-48-21-51-25)40(66)55-29(10-23-14-46-19-49-23)38(64)52-27(6-8-74-3)36(62)58-33(18-73)44(70)71/h14-16,19-22,26-34,72-73H,4-13,17-18,45H2,1-3H3,(H,46,49)(H,47,50)(H,48,51)(H,52,64)(H,53,67)(H,54,63)(H,55,66)(H,56,65)(H,57,68)(H,58,62)(H,60,61)(H,70,71)/t26-,27-,28-,29-,30-,31-,32-,33-,34-/m0/s1. The number of thioether (sulfide) groups is 1. The van der Waals surface area contributed by atoms with E-state index in [0.717, 1.165) is 0 Å². The van der Waals surface area contributed by atoms with Gasteiger partial charge in [0.1, 0.15) is 48.3 Å². The van der Waals surface area contributed by atoms with E-state index in [2.05, 4.69) is 92.4 Å². The van der Waals surface area contributed by atoms with Gasteiger partial charge in [-0.2, -0.15) is 37.0 Å². The van der Waals surface area contributed by atoms with E-state index in [9.17, 15) is 58.2 Å². The lowest BCUT2D eigenvalue weighted by Crippen LogP contribution is -2.61. The van der Waals surface area contributed by atoms with Crippen LogP contribution in [-0.4, -0.2) is 189 Å². The molecule has 0 spiro atoms. The fraction of sp³-hybridized carbons (Fsp3) is 0.568. The number of thiol groups is 2. The van der Waals surface area contributed by atoms with E-state index in [-0.39, 0.29) is 62.5 Å². The molecule has 3 aromatic heterocycles. The normalized spacial score (nSPS) is 16.5. The number of rotatable bonds is 31. The van der Waals surface area contributed by atoms with Gasteiger partial charge in [-0.15, -0.1) is 0 Å². The van der Waals surface area contributed by atoms with Crippen molar-refractivity contribution >= 4 is 96.2 Å². The molecular weight excluding hydrogens is 1030 g/mol. The lowest BCUT2D eigenvalue weighted by atomic mass is 10.0.